The molecule has 1 atom stereocenters. The summed E-state index contributed by atoms with van der Waals surface area (Å²) >= 11 is 0. The van der Waals surface area contributed by atoms with Crippen LogP contribution < -0.4 is 9.80 Å². The maximum atomic E-state index is 2.42. The molecule has 0 aliphatic carbocycles. The van der Waals surface area contributed by atoms with Gasteiger partial charge in [0.05, 0.1) is 6.04 Å². The van der Waals surface area contributed by atoms with Gasteiger partial charge < -0.3 is 9.80 Å². The minimum atomic E-state index is 0.416. The molecule has 0 spiro atoms. The Bertz CT molecular complexity index is 741. The van der Waals surface area contributed by atoms with Gasteiger partial charge in [-0.25, -0.2) is 0 Å². The topological polar surface area (TPSA) is 6.48 Å². The summed E-state index contributed by atoms with van der Waals surface area (Å²) in [6.45, 7) is 13.4. The Balaban J connectivity index is 2.04. The summed E-state index contributed by atoms with van der Waals surface area (Å²) in [5.74, 6) is 0. The van der Waals surface area contributed by atoms with Gasteiger partial charge in [-0.1, -0.05) is 49.2 Å². The van der Waals surface area contributed by atoms with Crippen molar-refractivity contribution in [2.24, 2.45) is 0 Å². The highest BCUT2D eigenvalue weighted by atomic mass is 15.4. The lowest BCUT2D eigenvalue weighted by atomic mass is 9.96. The molecule has 1 aliphatic heterocycles. The second-order valence-corrected chi connectivity index (χ2v) is 6.97. The van der Waals surface area contributed by atoms with Crippen molar-refractivity contribution in [1.82, 2.24) is 0 Å². The number of hydrogen-bond acceptors (Lipinski definition) is 2. The third-order valence-corrected chi connectivity index (χ3v) is 5.19. The molecular formula is C23H29N2. The van der Waals surface area contributed by atoms with E-state index in [-0.39, 0.29) is 0 Å². The fraction of sp³-hybridized carbons (Fsp3) is 0.348. The monoisotopic (exact) mass is 333 g/mol. The highest BCUT2D eigenvalue weighted by molar-refractivity contribution is 5.64. The Morgan fingerprint density at radius 1 is 0.760 bits per heavy atom. The number of rotatable bonds is 4. The van der Waals surface area contributed by atoms with Crippen molar-refractivity contribution in [3.63, 3.8) is 0 Å². The Morgan fingerprint density at radius 3 is 1.76 bits per heavy atom. The molecule has 0 N–H and O–H groups in total. The van der Waals surface area contributed by atoms with Gasteiger partial charge in [-0.3, -0.25) is 0 Å². The summed E-state index contributed by atoms with van der Waals surface area (Å²) in [7, 11) is 0. The molecule has 1 radical (unpaired) electrons. The molecule has 1 heterocycles. The molecule has 0 bridgehead atoms. The van der Waals surface area contributed by atoms with E-state index in [1.54, 1.807) is 0 Å². The number of anilines is 2. The van der Waals surface area contributed by atoms with Crippen molar-refractivity contribution in [1.29, 1.82) is 0 Å². The molecule has 1 aliphatic rings. The van der Waals surface area contributed by atoms with E-state index in [1.807, 2.05) is 0 Å². The molecule has 2 heteroatoms. The maximum Gasteiger partial charge on any atom is 0.147 e. The maximum absolute atomic E-state index is 2.42. The van der Waals surface area contributed by atoms with E-state index in [0.717, 1.165) is 12.8 Å². The highest BCUT2D eigenvalue weighted by Gasteiger charge is 2.31. The lowest BCUT2D eigenvalue weighted by Gasteiger charge is -2.45. The van der Waals surface area contributed by atoms with E-state index in [2.05, 4.69) is 99.6 Å². The smallest absolute Gasteiger partial charge is 0.147 e. The van der Waals surface area contributed by atoms with Crippen LogP contribution in [0.25, 0.3) is 0 Å². The first-order valence-corrected chi connectivity index (χ1v) is 9.30. The fourth-order valence-corrected chi connectivity index (χ4v) is 3.71. The van der Waals surface area contributed by atoms with E-state index in [9.17, 15) is 0 Å². The van der Waals surface area contributed by atoms with Gasteiger partial charge in [-0.15, -0.1) is 0 Å². The number of aryl methyl sites for hydroxylation is 2. The van der Waals surface area contributed by atoms with Crippen LogP contribution in [0.2, 0.25) is 0 Å². The van der Waals surface area contributed by atoms with Crippen LogP contribution in [-0.2, 0) is 0 Å². The molecule has 0 fully saturated rings. The van der Waals surface area contributed by atoms with Crippen molar-refractivity contribution in [2.45, 2.75) is 53.5 Å². The molecule has 3 rings (SSSR count). The summed E-state index contributed by atoms with van der Waals surface area (Å²) in [5, 5.41) is 0. The molecule has 0 saturated heterocycles. The van der Waals surface area contributed by atoms with Crippen molar-refractivity contribution in [2.75, 3.05) is 9.80 Å². The van der Waals surface area contributed by atoms with E-state index >= 15 is 0 Å². The summed E-state index contributed by atoms with van der Waals surface area (Å²) in [4.78, 5) is 4.79. The van der Waals surface area contributed by atoms with E-state index in [4.69, 9.17) is 0 Å². The van der Waals surface area contributed by atoms with Gasteiger partial charge in [-0.05, 0) is 63.5 Å². The van der Waals surface area contributed by atoms with Crippen LogP contribution in [0.4, 0.5) is 11.4 Å². The van der Waals surface area contributed by atoms with Crippen molar-refractivity contribution < 1.29 is 0 Å². The van der Waals surface area contributed by atoms with Crippen LogP contribution in [0.5, 0.6) is 0 Å². The molecule has 2 nitrogen and oxygen atoms in total. The summed E-state index contributed by atoms with van der Waals surface area (Å²) in [6.07, 6.45) is 2.13. The zero-order valence-electron chi connectivity index (χ0n) is 16.1. The van der Waals surface area contributed by atoms with Crippen LogP contribution in [0.3, 0.4) is 0 Å². The molecule has 0 saturated carbocycles. The van der Waals surface area contributed by atoms with Gasteiger partial charge >= 0.3 is 0 Å². The van der Waals surface area contributed by atoms with Gasteiger partial charge in [0.15, 0.2) is 0 Å². The quantitative estimate of drug-likeness (QED) is 0.656. The third-order valence-electron chi connectivity index (χ3n) is 5.19. The minimum absolute atomic E-state index is 0.416. The first-order valence-electron chi connectivity index (χ1n) is 9.30. The molecular weight excluding hydrogens is 304 g/mol. The largest absolute Gasteiger partial charge is 0.341 e. The van der Waals surface area contributed by atoms with E-state index < -0.39 is 0 Å². The molecule has 25 heavy (non-hydrogen) atoms. The highest BCUT2D eigenvalue weighted by Crippen LogP contribution is 2.37. The molecule has 2 aromatic carbocycles. The van der Waals surface area contributed by atoms with Gasteiger partial charge in [0.25, 0.3) is 0 Å². The Morgan fingerprint density at radius 2 is 1.28 bits per heavy atom. The van der Waals surface area contributed by atoms with Gasteiger partial charge in [0.1, 0.15) is 6.67 Å². The zero-order chi connectivity index (χ0) is 18.0. The average molecular weight is 333 g/mol. The standard InChI is InChI=1S/C23H29N2/c1-6-22-19(5)23(7-2)25(21-14-10-18(4)11-15-21)16-24(22)20-12-8-17(3)9-13-20/h8-16,22H,6-7H2,1-5H3. The predicted octanol–water partition coefficient (Wildman–Crippen LogP) is 6.21. The normalized spacial score (nSPS) is 18.0. The Hall–Kier alpha value is -2.22. The third kappa shape index (κ3) is 3.44. The molecule has 0 amide bonds. The minimum Gasteiger partial charge on any atom is -0.341 e. The van der Waals surface area contributed by atoms with Crippen LogP contribution in [-0.4, -0.2) is 6.04 Å². The van der Waals surface area contributed by atoms with Crippen molar-refractivity contribution >= 4 is 11.4 Å². The van der Waals surface area contributed by atoms with Crippen molar-refractivity contribution in [3.8, 4) is 0 Å². The SMILES string of the molecule is CCC1=C(C)C(CC)N(c2ccc(C)cc2)[CH]N1c1ccc(C)cc1. The molecule has 1 unspecified atom stereocenters. The Labute approximate surface area is 152 Å². The molecule has 131 valence electrons. The second kappa shape index (κ2) is 7.35. The fourth-order valence-electron chi connectivity index (χ4n) is 3.71. The Kier molecular flexibility index (Phi) is 5.17. The molecule has 2 aromatic rings. The van der Waals surface area contributed by atoms with Gasteiger partial charge in [0, 0.05) is 17.1 Å². The molecule has 0 aromatic heterocycles. The second-order valence-electron chi connectivity index (χ2n) is 6.97. The van der Waals surface area contributed by atoms with E-state index in [0.29, 0.717) is 6.04 Å². The van der Waals surface area contributed by atoms with E-state index in [1.165, 1.54) is 33.8 Å². The van der Waals surface area contributed by atoms with Crippen LogP contribution in [0, 0.1) is 20.5 Å². The number of allylic oxidation sites excluding steroid dienone is 1. The zero-order valence-corrected chi connectivity index (χ0v) is 16.1. The lowest BCUT2D eigenvalue weighted by Crippen LogP contribution is -2.45. The number of benzene rings is 2. The van der Waals surface area contributed by atoms with Crippen LogP contribution >= 0.6 is 0 Å². The number of hydrogen-bond donors (Lipinski definition) is 0. The first kappa shape index (κ1) is 17.6. The first-order chi connectivity index (χ1) is 12.0. The summed E-state index contributed by atoms with van der Waals surface area (Å²) < 4.78 is 0. The van der Waals surface area contributed by atoms with Crippen LogP contribution in [0.1, 0.15) is 44.7 Å². The lowest BCUT2D eigenvalue weighted by molar-refractivity contribution is 0.628. The van der Waals surface area contributed by atoms with Crippen molar-refractivity contribution in [3.05, 3.63) is 77.6 Å². The van der Waals surface area contributed by atoms with Gasteiger partial charge in [-0.2, -0.15) is 0 Å². The summed E-state index contributed by atoms with van der Waals surface area (Å²) in [6, 6.07) is 18.1. The average Bonchev–Trinajstić information content (AvgIpc) is 2.62. The van der Waals surface area contributed by atoms with Gasteiger partial charge in [0.2, 0.25) is 0 Å². The number of nitrogens with zero attached hydrogens (tertiary/aromatic N) is 2. The predicted molar refractivity (Wildman–Crippen MR) is 109 cm³/mol. The van der Waals surface area contributed by atoms with Crippen LogP contribution in [0.15, 0.2) is 59.8 Å². The summed E-state index contributed by atoms with van der Waals surface area (Å²) in [5.41, 5.74) is 7.96.